The highest BCUT2D eigenvalue weighted by atomic mass is 16.2. The Balaban J connectivity index is 2.97. The lowest BCUT2D eigenvalue weighted by Crippen LogP contribution is -2.15. The van der Waals surface area contributed by atoms with E-state index in [2.05, 4.69) is 4.98 Å². The average Bonchev–Trinajstić information content (AvgIpc) is 2.15. The highest BCUT2D eigenvalue weighted by Crippen LogP contribution is 2.05. The van der Waals surface area contributed by atoms with Crippen LogP contribution in [0.2, 0.25) is 0 Å². The summed E-state index contributed by atoms with van der Waals surface area (Å²) in [6, 6.07) is 3.46. The Labute approximate surface area is 75.7 Å². The van der Waals surface area contributed by atoms with E-state index < -0.39 is 5.91 Å². The molecule has 0 saturated carbocycles. The highest BCUT2D eigenvalue weighted by molar-refractivity contribution is 5.92. The number of nitrogens with zero attached hydrogens (tertiary/aromatic N) is 1. The van der Waals surface area contributed by atoms with Crippen LogP contribution in [0.5, 0.6) is 0 Å². The van der Waals surface area contributed by atoms with Crippen LogP contribution in [0.1, 0.15) is 16.1 Å². The fourth-order valence-electron chi connectivity index (χ4n) is 1.00. The van der Waals surface area contributed by atoms with Crippen LogP contribution in [0.3, 0.4) is 0 Å². The maximum atomic E-state index is 10.9. The smallest absolute Gasteiger partial charge is 0.267 e. The number of carbonyl (C=O) groups is 1. The molecule has 4 heteroatoms. The monoisotopic (exact) mass is 178 g/mol. The van der Waals surface area contributed by atoms with Gasteiger partial charge in [-0.2, -0.15) is 0 Å². The van der Waals surface area contributed by atoms with Crippen molar-refractivity contribution in [2.45, 2.75) is 6.42 Å². The minimum atomic E-state index is -0.554. The van der Waals surface area contributed by atoms with Crippen LogP contribution in [0, 0.1) is 0 Å². The first-order valence-corrected chi connectivity index (χ1v) is 3.78. The lowest BCUT2D eigenvalue weighted by Gasteiger charge is -2.00. The Bertz CT molecular complexity index is 334. The standard InChI is InChI=1S/C9H10N2O2/c10-9(13)8-7(4-2-6-12)3-1-5-11-8/h1-3,5-6,12H,4H2,(H2,10,13). The number of aromatic nitrogens is 1. The van der Waals surface area contributed by atoms with Gasteiger partial charge in [-0.05, 0) is 24.1 Å². The van der Waals surface area contributed by atoms with Crippen LogP contribution in [0.4, 0.5) is 0 Å². The zero-order chi connectivity index (χ0) is 9.68. The van der Waals surface area contributed by atoms with E-state index in [0.717, 1.165) is 6.26 Å². The summed E-state index contributed by atoms with van der Waals surface area (Å²) in [6.07, 6.45) is 4.40. The molecule has 0 aliphatic heterocycles. The number of amides is 1. The minimum absolute atomic E-state index is 0.251. The van der Waals surface area contributed by atoms with E-state index in [1.165, 1.54) is 12.3 Å². The molecule has 1 aromatic heterocycles. The van der Waals surface area contributed by atoms with Crippen LogP contribution in [0.15, 0.2) is 30.7 Å². The normalized spacial score (nSPS) is 10.5. The van der Waals surface area contributed by atoms with Gasteiger partial charge in [0.1, 0.15) is 5.69 Å². The Morgan fingerprint density at radius 2 is 2.46 bits per heavy atom. The van der Waals surface area contributed by atoms with Crippen molar-refractivity contribution in [3.05, 3.63) is 41.9 Å². The fraction of sp³-hybridized carbons (Fsp3) is 0.111. The largest absolute Gasteiger partial charge is 0.516 e. The van der Waals surface area contributed by atoms with Crippen LogP contribution < -0.4 is 5.73 Å². The maximum Gasteiger partial charge on any atom is 0.267 e. The first kappa shape index (κ1) is 9.25. The van der Waals surface area contributed by atoms with Crippen LogP contribution in [-0.2, 0) is 6.42 Å². The summed E-state index contributed by atoms with van der Waals surface area (Å²) < 4.78 is 0. The van der Waals surface area contributed by atoms with Gasteiger partial charge in [-0.3, -0.25) is 9.78 Å². The molecule has 1 heterocycles. The summed E-state index contributed by atoms with van der Waals surface area (Å²) in [4.78, 5) is 14.7. The summed E-state index contributed by atoms with van der Waals surface area (Å²) in [5.41, 5.74) is 6.06. The third kappa shape index (κ3) is 2.30. The molecule has 3 N–H and O–H groups in total. The number of pyridine rings is 1. The number of primary amides is 1. The molecule has 4 nitrogen and oxygen atoms in total. The van der Waals surface area contributed by atoms with Crippen molar-refractivity contribution in [3.8, 4) is 0 Å². The topological polar surface area (TPSA) is 76.2 Å². The Kier molecular flexibility index (Phi) is 3.03. The zero-order valence-corrected chi connectivity index (χ0v) is 6.97. The molecule has 1 amide bonds. The summed E-state index contributed by atoms with van der Waals surface area (Å²) in [5.74, 6) is -0.554. The number of allylic oxidation sites excluding steroid dienone is 1. The minimum Gasteiger partial charge on any atom is -0.516 e. The molecule has 0 aliphatic rings. The second-order valence-corrected chi connectivity index (χ2v) is 2.46. The lowest BCUT2D eigenvalue weighted by molar-refractivity contribution is 0.0994. The van der Waals surface area contributed by atoms with E-state index in [4.69, 9.17) is 10.8 Å². The molecule has 0 radical (unpaired) electrons. The molecule has 0 aromatic carbocycles. The maximum absolute atomic E-state index is 10.9. The molecule has 0 aliphatic carbocycles. The molecule has 68 valence electrons. The number of rotatable bonds is 3. The van der Waals surface area contributed by atoms with E-state index in [0.29, 0.717) is 12.0 Å². The molecule has 1 aromatic rings. The quantitative estimate of drug-likeness (QED) is 0.672. The van der Waals surface area contributed by atoms with Crippen molar-refractivity contribution in [3.63, 3.8) is 0 Å². The van der Waals surface area contributed by atoms with Gasteiger partial charge in [0.25, 0.3) is 5.91 Å². The van der Waals surface area contributed by atoms with Gasteiger partial charge in [0.2, 0.25) is 0 Å². The number of aliphatic hydroxyl groups excluding tert-OH is 1. The number of nitrogens with two attached hydrogens (primary N) is 1. The lowest BCUT2D eigenvalue weighted by atomic mass is 10.1. The van der Waals surface area contributed by atoms with Gasteiger partial charge < -0.3 is 10.8 Å². The summed E-state index contributed by atoms with van der Waals surface area (Å²) >= 11 is 0. The molecule has 0 spiro atoms. The molecular formula is C9H10N2O2. The van der Waals surface area contributed by atoms with E-state index >= 15 is 0 Å². The SMILES string of the molecule is NC(=O)c1ncccc1CC=CO. The predicted molar refractivity (Wildman–Crippen MR) is 48.2 cm³/mol. The number of carbonyl (C=O) groups excluding carboxylic acids is 1. The molecule has 0 saturated heterocycles. The molecule has 0 unspecified atom stereocenters. The Morgan fingerprint density at radius 3 is 3.08 bits per heavy atom. The number of aliphatic hydroxyl groups is 1. The fourth-order valence-corrected chi connectivity index (χ4v) is 1.00. The second kappa shape index (κ2) is 4.25. The Hall–Kier alpha value is -1.84. The van der Waals surface area contributed by atoms with E-state index in [1.54, 1.807) is 12.1 Å². The van der Waals surface area contributed by atoms with Gasteiger partial charge in [-0.1, -0.05) is 6.07 Å². The number of hydrogen-bond acceptors (Lipinski definition) is 3. The van der Waals surface area contributed by atoms with E-state index in [-0.39, 0.29) is 5.69 Å². The molecule has 0 fully saturated rings. The average molecular weight is 178 g/mol. The van der Waals surface area contributed by atoms with Crippen LogP contribution in [0.25, 0.3) is 0 Å². The summed E-state index contributed by atoms with van der Waals surface area (Å²) in [7, 11) is 0. The molecule has 0 atom stereocenters. The van der Waals surface area contributed by atoms with Crippen molar-refractivity contribution in [2.75, 3.05) is 0 Å². The number of hydrogen-bond donors (Lipinski definition) is 2. The van der Waals surface area contributed by atoms with Gasteiger partial charge in [-0.15, -0.1) is 0 Å². The molecule has 1 rings (SSSR count). The predicted octanol–water partition coefficient (Wildman–Crippen LogP) is 0.795. The summed E-state index contributed by atoms with van der Waals surface area (Å²) in [5, 5.41) is 8.44. The van der Waals surface area contributed by atoms with Gasteiger partial charge in [0, 0.05) is 6.20 Å². The highest BCUT2D eigenvalue weighted by Gasteiger charge is 2.06. The van der Waals surface area contributed by atoms with Crippen molar-refractivity contribution in [1.29, 1.82) is 0 Å². The first-order valence-electron chi connectivity index (χ1n) is 3.78. The van der Waals surface area contributed by atoms with E-state index in [1.807, 2.05) is 0 Å². The van der Waals surface area contributed by atoms with Gasteiger partial charge in [0.05, 0.1) is 6.26 Å². The molecular weight excluding hydrogens is 168 g/mol. The Morgan fingerprint density at radius 1 is 1.69 bits per heavy atom. The first-order chi connectivity index (χ1) is 6.25. The van der Waals surface area contributed by atoms with Crippen LogP contribution >= 0.6 is 0 Å². The molecule has 0 bridgehead atoms. The van der Waals surface area contributed by atoms with Crippen molar-refractivity contribution in [1.82, 2.24) is 4.98 Å². The van der Waals surface area contributed by atoms with Gasteiger partial charge >= 0.3 is 0 Å². The van der Waals surface area contributed by atoms with E-state index in [9.17, 15) is 4.79 Å². The second-order valence-electron chi connectivity index (χ2n) is 2.46. The third-order valence-corrected chi connectivity index (χ3v) is 1.57. The van der Waals surface area contributed by atoms with Gasteiger partial charge in [-0.25, -0.2) is 0 Å². The van der Waals surface area contributed by atoms with Crippen molar-refractivity contribution >= 4 is 5.91 Å². The molecule has 13 heavy (non-hydrogen) atoms. The third-order valence-electron chi connectivity index (χ3n) is 1.57. The van der Waals surface area contributed by atoms with Crippen molar-refractivity contribution in [2.24, 2.45) is 5.73 Å². The zero-order valence-electron chi connectivity index (χ0n) is 6.97. The van der Waals surface area contributed by atoms with Crippen LogP contribution in [-0.4, -0.2) is 16.0 Å². The summed E-state index contributed by atoms with van der Waals surface area (Å²) in [6.45, 7) is 0. The van der Waals surface area contributed by atoms with Crippen molar-refractivity contribution < 1.29 is 9.90 Å². The van der Waals surface area contributed by atoms with Gasteiger partial charge in [0.15, 0.2) is 0 Å².